The third-order valence-electron chi connectivity index (χ3n) is 8.13. The molecule has 202 valence electrons. The van der Waals surface area contributed by atoms with Crippen molar-refractivity contribution in [3.8, 4) is 11.1 Å². The minimum absolute atomic E-state index is 0.114. The molecule has 38 heavy (non-hydrogen) atoms. The van der Waals surface area contributed by atoms with Crippen LogP contribution in [0.15, 0.2) is 71.2 Å². The van der Waals surface area contributed by atoms with Crippen LogP contribution in [-0.2, 0) is 16.2 Å². The SMILES string of the molecule is CCC1(Cn2cc(C(=O)N(C)OC)c(-c3ccccc3)cc2=O)CCN(C(=O)CCC2=CCCC=C2)CC1. The third kappa shape index (κ3) is 6.33. The number of aromatic nitrogens is 1. The van der Waals surface area contributed by atoms with Crippen molar-refractivity contribution >= 4 is 11.8 Å². The fourth-order valence-electron chi connectivity index (χ4n) is 5.45. The Morgan fingerprint density at radius 1 is 1.11 bits per heavy atom. The third-order valence-corrected chi connectivity index (χ3v) is 8.13. The number of hydroxylamine groups is 2. The van der Waals surface area contributed by atoms with E-state index >= 15 is 0 Å². The highest BCUT2D eigenvalue weighted by Gasteiger charge is 2.35. The fraction of sp³-hybridized carbons (Fsp3) is 0.452. The molecular weight excluding hydrogens is 478 g/mol. The van der Waals surface area contributed by atoms with E-state index in [1.54, 1.807) is 23.9 Å². The van der Waals surface area contributed by atoms with Crippen LogP contribution in [-0.4, -0.2) is 53.6 Å². The Morgan fingerprint density at radius 2 is 1.84 bits per heavy atom. The summed E-state index contributed by atoms with van der Waals surface area (Å²) in [6, 6.07) is 11.0. The van der Waals surface area contributed by atoms with Crippen LogP contribution in [0.1, 0.15) is 62.2 Å². The highest BCUT2D eigenvalue weighted by Crippen LogP contribution is 2.37. The van der Waals surface area contributed by atoms with Crippen LogP contribution in [0.5, 0.6) is 0 Å². The van der Waals surface area contributed by atoms with Crippen LogP contribution < -0.4 is 5.56 Å². The second-order valence-electron chi connectivity index (χ2n) is 10.4. The molecule has 0 bridgehead atoms. The van der Waals surface area contributed by atoms with E-state index < -0.39 is 0 Å². The maximum Gasteiger partial charge on any atom is 0.279 e. The molecule has 1 saturated heterocycles. The number of carbonyl (C=O) groups excluding carboxylic acids is 2. The minimum atomic E-state index is -0.311. The number of piperidine rings is 1. The van der Waals surface area contributed by atoms with Gasteiger partial charge in [0.05, 0.1) is 12.7 Å². The van der Waals surface area contributed by atoms with Crippen molar-refractivity contribution < 1.29 is 14.4 Å². The summed E-state index contributed by atoms with van der Waals surface area (Å²) in [5.41, 5.74) is 2.82. The largest absolute Gasteiger partial charge is 0.343 e. The number of likely N-dealkylation sites (tertiary alicyclic amines) is 1. The molecule has 0 radical (unpaired) electrons. The summed E-state index contributed by atoms with van der Waals surface area (Å²) in [6.07, 6.45) is 14.2. The van der Waals surface area contributed by atoms with Crippen molar-refractivity contribution in [3.05, 3.63) is 82.3 Å². The molecule has 7 heteroatoms. The number of pyridine rings is 1. The second-order valence-corrected chi connectivity index (χ2v) is 10.4. The van der Waals surface area contributed by atoms with Crippen molar-refractivity contribution in [1.29, 1.82) is 0 Å². The van der Waals surface area contributed by atoms with Crippen LogP contribution in [0.25, 0.3) is 11.1 Å². The van der Waals surface area contributed by atoms with E-state index in [2.05, 4.69) is 25.2 Å². The minimum Gasteiger partial charge on any atom is -0.343 e. The number of hydrogen-bond donors (Lipinski definition) is 0. The predicted molar refractivity (Wildman–Crippen MR) is 149 cm³/mol. The van der Waals surface area contributed by atoms with Crippen molar-refractivity contribution in [2.45, 2.75) is 58.4 Å². The van der Waals surface area contributed by atoms with Crippen LogP contribution >= 0.6 is 0 Å². The van der Waals surface area contributed by atoms with E-state index in [1.807, 2.05) is 35.2 Å². The van der Waals surface area contributed by atoms with E-state index in [1.165, 1.54) is 17.7 Å². The molecule has 0 N–H and O–H groups in total. The van der Waals surface area contributed by atoms with Gasteiger partial charge < -0.3 is 9.47 Å². The number of nitrogens with zero attached hydrogens (tertiary/aromatic N) is 3. The Hall–Kier alpha value is -3.45. The van der Waals surface area contributed by atoms with E-state index in [-0.39, 0.29) is 22.8 Å². The van der Waals surface area contributed by atoms with Gasteiger partial charge >= 0.3 is 0 Å². The summed E-state index contributed by atoms with van der Waals surface area (Å²) < 4.78 is 1.67. The second kappa shape index (κ2) is 12.4. The highest BCUT2D eigenvalue weighted by molar-refractivity contribution is 5.99. The Kier molecular flexibility index (Phi) is 9.00. The monoisotopic (exact) mass is 517 g/mol. The highest BCUT2D eigenvalue weighted by atomic mass is 16.7. The summed E-state index contributed by atoms with van der Waals surface area (Å²) in [7, 11) is 3.01. The van der Waals surface area contributed by atoms with Gasteiger partial charge in [0, 0.05) is 50.9 Å². The van der Waals surface area contributed by atoms with Gasteiger partial charge in [-0.05, 0) is 49.5 Å². The Balaban J connectivity index is 1.51. The average molecular weight is 518 g/mol. The van der Waals surface area contributed by atoms with Gasteiger partial charge in [-0.3, -0.25) is 19.2 Å². The summed E-state index contributed by atoms with van der Waals surface area (Å²) in [4.78, 5) is 46.5. The van der Waals surface area contributed by atoms with Crippen LogP contribution in [0.2, 0.25) is 0 Å². The quantitative estimate of drug-likeness (QED) is 0.428. The first-order chi connectivity index (χ1) is 18.4. The van der Waals surface area contributed by atoms with Gasteiger partial charge in [0.1, 0.15) is 0 Å². The van der Waals surface area contributed by atoms with Gasteiger partial charge in [0.15, 0.2) is 0 Å². The molecule has 0 spiro atoms. The molecule has 1 aliphatic carbocycles. The molecule has 2 heterocycles. The summed E-state index contributed by atoms with van der Waals surface area (Å²) in [6.45, 7) is 4.04. The molecule has 1 fully saturated rings. The molecule has 2 aromatic rings. The maximum absolute atomic E-state index is 13.3. The van der Waals surface area contributed by atoms with Gasteiger partial charge in [0.2, 0.25) is 5.91 Å². The molecule has 0 saturated carbocycles. The molecule has 1 aromatic heterocycles. The van der Waals surface area contributed by atoms with E-state index in [9.17, 15) is 14.4 Å². The standard InChI is InChI=1S/C31H39N3O4/c1-4-31(17-19-33(20-18-31)28(35)16-15-24-11-7-5-8-12-24)23-34-22-27(30(37)32(2)38-3)26(21-29(34)36)25-13-9-6-10-14-25/h6-7,9-14,21-22H,4-5,8,15-20,23H2,1-3H3. The lowest BCUT2D eigenvalue weighted by atomic mass is 9.76. The predicted octanol–water partition coefficient (Wildman–Crippen LogP) is 5.22. The van der Waals surface area contributed by atoms with E-state index in [4.69, 9.17) is 4.84 Å². The molecule has 1 aromatic carbocycles. The van der Waals surface area contributed by atoms with Crippen molar-refractivity contribution in [2.24, 2.45) is 5.41 Å². The molecular formula is C31H39N3O4. The topological polar surface area (TPSA) is 71.8 Å². The summed E-state index contributed by atoms with van der Waals surface area (Å²) >= 11 is 0. The van der Waals surface area contributed by atoms with Crippen molar-refractivity contribution in [2.75, 3.05) is 27.2 Å². The first-order valence-electron chi connectivity index (χ1n) is 13.6. The maximum atomic E-state index is 13.3. The zero-order valence-electron chi connectivity index (χ0n) is 22.8. The molecule has 2 amide bonds. The van der Waals surface area contributed by atoms with Gasteiger partial charge in [-0.1, -0.05) is 61.1 Å². The van der Waals surface area contributed by atoms with E-state index in [0.717, 1.165) is 44.1 Å². The Morgan fingerprint density at radius 3 is 2.47 bits per heavy atom. The fourth-order valence-corrected chi connectivity index (χ4v) is 5.45. The van der Waals surface area contributed by atoms with Gasteiger partial charge in [0.25, 0.3) is 11.5 Å². The number of hydrogen-bond acceptors (Lipinski definition) is 4. The molecule has 4 rings (SSSR count). The van der Waals surface area contributed by atoms with Crippen LogP contribution in [0.4, 0.5) is 0 Å². The van der Waals surface area contributed by atoms with Crippen molar-refractivity contribution in [1.82, 2.24) is 14.5 Å². The number of rotatable bonds is 9. The first kappa shape index (κ1) is 27.6. The average Bonchev–Trinajstić information content (AvgIpc) is 2.97. The zero-order valence-corrected chi connectivity index (χ0v) is 22.8. The number of carbonyl (C=O) groups is 2. The lowest BCUT2D eigenvalue weighted by Gasteiger charge is -2.42. The molecule has 7 nitrogen and oxygen atoms in total. The molecule has 0 atom stereocenters. The molecule has 2 aliphatic rings. The van der Waals surface area contributed by atoms with Crippen LogP contribution in [0.3, 0.4) is 0 Å². The van der Waals surface area contributed by atoms with Crippen molar-refractivity contribution in [3.63, 3.8) is 0 Å². The lowest BCUT2D eigenvalue weighted by molar-refractivity contribution is -0.133. The molecule has 1 aliphatic heterocycles. The normalized spacial score (nSPS) is 16.7. The number of amides is 2. The smallest absolute Gasteiger partial charge is 0.279 e. The van der Waals surface area contributed by atoms with Crippen LogP contribution in [0, 0.1) is 5.41 Å². The Bertz CT molecular complexity index is 1250. The van der Waals surface area contributed by atoms with Gasteiger partial charge in [-0.2, -0.15) is 0 Å². The number of benzene rings is 1. The zero-order chi connectivity index (χ0) is 27.1. The van der Waals surface area contributed by atoms with Gasteiger partial charge in [-0.15, -0.1) is 0 Å². The Labute approximate surface area is 225 Å². The summed E-state index contributed by atoms with van der Waals surface area (Å²) in [5, 5.41) is 1.18. The van der Waals surface area contributed by atoms with E-state index in [0.29, 0.717) is 37.2 Å². The van der Waals surface area contributed by atoms with Gasteiger partial charge in [-0.25, -0.2) is 5.06 Å². The first-order valence-corrected chi connectivity index (χ1v) is 13.6. The number of allylic oxidation sites excluding steroid dienone is 4. The summed E-state index contributed by atoms with van der Waals surface area (Å²) in [5.74, 6) is -0.108. The lowest BCUT2D eigenvalue weighted by Crippen LogP contribution is -2.45. The molecule has 0 unspecified atom stereocenters.